The van der Waals surface area contributed by atoms with Crippen molar-refractivity contribution in [2.45, 2.75) is 32.4 Å². The zero-order valence-electron chi connectivity index (χ0n) is 10.0. The average molecular weight is 235 g/mol. The van der Waals surface area contributed by atoms with E-state index in [4.69, 9.17) is 5.11 Å². The number of carbonyl (C=O) groups is 2. The fraction of sp³-hybridized carbons (Fsp3) is 0.385. The summed E-state index contributed by atoms with van der Waals surface area (Å²) in [6.07, 6.45) is 1.01. The van der Waals surface area contributed by atoms with Gasteiger partial charge in [-0.2, -0.15) is 0 Å². The summed E-state index contributed by atoms with van der Waals surface area (Å²) in [6, 6.07) is 8.38. The van der Waals surface area contributed by atoms with E-state index in [0.29, 0.717) is 12.8 Å². The first-order valence-electron chi connectivity index (χ1n) is 5.62. The van der Waals surface area contributed by atoms with Gasteiger partial charge in [-0.25, -0.2) is 4.79 Å². The lowest BCUT2D eigenvalue weighted by Crippen LogP contribution is -2.41. The van der Waals surface area contributed by atoms with E-state index in [1.54, 1.807) is 6.92 Å². The van der Waals surface area contributed by atoms with Crippen LogP contribution in [-0.4, -0.2) is 28.4 Å². The molecule has 0 radical (unpaired) electrons. The first-order valence-corrected chi connectivity index (χ1v) is 5.62. The third kappa shape index (κ3) is 3.06. The van der Waals surface area contributed by atoms with Crippen molar-refractivity contribution in [2.75, 3.05) is 0 Å². The number of benzene rings is 1. The number of carboxylic acids is 1. The van der Waals surface area contributed by atoms with Crippen molar-refractivity contribution in [2.24, 2.45) is 0 Å². The smallest absolute Gasteiger partial charge is 0.326 e. The predicted octanol–water partition coefficient (Wildman–Crippen LogP) is 2.07. The van der Waals surface area contributed by atoms with Crippen molar-refractivity contribution in [3.05, 3.63) is 35.9 Å². The van der Waals surface area contributed by atoms with Crippen LogP contribution in [0.3, 0.4) is 0 Å². The van der Waals surface area contributed by atoms with E-state index in [1.165, 1.54) is 4.90 Å². The largest absolute Gasteiger partial charge is 0.480 e. The van der Waals surface area contributed by atoms with Crippen LogP contribution in [0.1, 0.15) is 31.9 Å². The molecule has 1 aromatic carbocycles. The normalized spacial score (nSPS) is 13.8. The van der Waals surface area contributed by atoms with Gasteiger partial charge in [0.1, 0.15) is 6.04 Å². The third-order valence-electron chi connectivity index (χ3n) is 2.88. The number of carbonyl (C=O) groups excluding carboxylic acids is 1. The Bertz CT molecular complexity index is 378. The maximum Gasteiger partial charge on any atom is 0.326 e. The quantitative estimate of drug-likeness (QED) is 0.768. The van der Waals surface area contributed by atoms with Crippen molar-refractivity contribution < 1.29 is 14.7 Å². The van der Waals surface area contributed by atoms with Crippen LogP contribution in [0.15, 0.2) is 30.3 Å². The first-order chi connectivity index (χ1) is 8.11. The second kappa shape index (κ2) is 6.03. The zero-order chi connectivity index (χ0) is 12.8. The Balaban J connectivity index is 2.94. The molecule has 0 bridgehead atoms. The molecule has 2 unspecified atom stereocenters. The maximum absolute atomic E-state index is 11.1. The van der Waals surface area contributed by atoms with Crippen LogP contribution in [0, 0.1) is 0 Å². The highest BCUT2D eigenvalue weighted by Gasteiger charge is 2.27. The van der Waals surface area contributed by atoms with Gasteiger partial charge in [-0.05, 0) is 18.9 Å². The van der Waals surface area contributed by atoms with Crippen LogP contribution in [-0.2, 0) is 9.59 Å². The van der Waals surface area contributed by atoms with Crippen LogP contribution in [0.5, 0.6) is 0 Å². The fourth-order valence-electron chi connectivity index (χ4n) is 1.85. The van der Waals surface area contributed by atoms with Gasteiger partial charge in [0.25, 0.3) is 0 Å². The molecular weight excluding hydrogens is 218 g/mol. The lowest BCUT2D eigenvalue weighted by molar-refractivity contribution is -0.148. The topological polar surface area (TPSA) is 57.6 Å². The van der Waals surface area contributed by atoms with E-state index in [-0.39, 0.29) is 6.04 Å². The molecule has 0 aliphatic carbocycles. The molecule has 92 valence electrons. The van der Waals surface area contributed by atoms with E-state index < -0.39 is 12.0 Å². The monoisotopic (exact) mass is 235 g/mol. The zero-order valence-corrected chi connectivity index (χ0v) is 10.0. The minimum Gasteiger partial charge on any atom is -0.480 e. The Morgan fingerprint density at radius 3 is 2.41 bits per heavy atom. The molecule has 17 heavy (non-hydrogen) atoms. The number of nitrogens with zero attached hydrogens (tertiary/aromatic N) is 1. The standard InChI is InChI=1S/C13H17NO3/c1-3-12(13(16)17)14(9-15)10(2)11-7-5-4-6-8-11/h4-10,12H,3H2,1-2H3,(H,16,17). The van der Waals surface area contributed by atoms with Crippen LogP contribution in [0.4, 0.5) is 0 Å². The number of carboxylic acid groups (broad SMARTS) is 1. The number of aliphatic carboxylic acids is 1. The fourth-order valence-corrected chi connectivity index (χ4v) is 1.85. The molecule has 1 N–H and O–H groups in total. The molecule has 0 spiro atoms. The minimum atomic E-state index is -0.970. The van der Waals surface area contributed by atoms with Crippen LogP contribution >= 0.6 is 0 Å². The van der Waals surface area contributed by atoms with Crippen molar-refractivity contribution in [1.29, 1.82) is 0 Å². The second-order valence-electron chi connectivity index (χ2n) is 3.90. The minimum absolute atomic E-state index is 0.241. The summed E-state index contributed by atoms with van der Waals surface area (Å²) < 4.78 is 0. The van der Waals surface area contributed by atoms with Crippen molar-refractivity contribution >= 4 is 12.4 Å². The molecule has 0 aliphatic rings. The third-order valence-corrected chi connectivity index (χ3v) is 2.88. The number of hydrogen-bond acceptors (Lipinski definition) is 2. The molecule has 0 aliphatic heterocycles. The van der Waals surface area contributed by atoms with Gasteiger partial charge in [-0.3, -0.25) is 4.79 Å². The molecule has 1 aromatic rings. The van der Waals surface area contributed by atoms with Gasteiger partial charge >= 0.3 is 5.97 Å². The van der Waals surface area contributed by atoms with Crippen molar-refractivity contribution in [3.63, 3.8) is 0 Å². The van der Waals surface area contributed by atoms with E-state index in [0.717, 1.165) is 5.56 Å². The molecule has 0 heterocycles. The Labute approximate surface area is 101 Å². The summed E-state index contributed by atoms with van der Waals surface area (Å²) in [5, 5.41) is 9.07. The van der Waals surface area contributed by atoms with Gasteiger partial charge in [0, 0.05) is 0 Å². The number of amides is 1. The first kappa shape index (κ1) is 13.2. The Morgan fingerprint density at radius 2 is 2.00 bits per heavy atom. The van der Waals surface area contributed by atoms with E-state index in [2.05, 4.69) is 0 Å². The summed E-state index contributed by atoms with van der Waals surface area (Å²) in [6.45, 7) is 3.59. The highest BCUT2D eigenvalue weighted by molar-refractivity contribution is 5.76. The van der Waals surface area contributed by atoms with Gasteiger partial charge in [0.05, 0.1) is 6.04 Å². The summed E-state index contributed by atoms with van der Waals surface area (Å²) in [5.41, 5.74) is 0.930. The van der Waals surface area contributed by atoms with Gasteiger partial charge in [-0.1, -0.05) is 37.3 Å². The summed E-state index contributed by atoms with van der Waals surface area (Å²) in [4.78, 5) is 23.5. The van der Waals surface area contributed by atoms with Gasteiger partial charge in [-0.15, -0.1) is 0 Å². The molecular formula is C13H17NO3. The Kier molecular flexibility index (Phi) is 4.69. The molecule has 2 atom stereocenters. The lowest BCUT2D eigenvalue weighted by atomic mass is 10.0. The van der Waals surface area contributed by atoms with Gasteiger partial charge < -0.3 is 10.0 Å². The summed E-state index contributed by atoms with van der Waals surface area (Å²) in [7, 11) is 0. The van der Waals surface area contributed by atoms with Gasteiger partial charge in [0.15, 0.2) is 0 Å². The number of hydrogen-bond donors (Lipinski definition) is 1. The maximum atomic E-state index is 11.1. The van der Waals surface area contributed by atoms with Crippen LogP contribution < -0.4 is 0 Å². The molecule has 0 saturated heterocycles. The van der Waals surface area contributed by atoms with Crippen molar-refractivity contribution in [3.8, 4) is 0 Å². The van der Waals surface area contributed by atoms with Crippen LogP contribution in [0.2, 0.25) is 0 Å². The molecule has 0 aromatic heterocycles. The highest BCUT2D eigenvalue weighted by atomic mass is 16.4. The summed E-state index contributed by atoms with van der Waals surface area (Å²) >= 11 is 0. The predicted molar refractivity (Wildman–Crippen MR) is 64.5 cm³/mol. The van der Waals surface area contributed by atoms with Crippen LogP contribution in [0.25, 0.3) is 0 Å². The summed E-state index contributed by atoms with van der Waals surface area (Å²) in [5.74, 6) is -0.970. The highest BCUT2D eigenvalue weighted by Crippen LogP contribution is 2.21. The van der Waals surface area contributed by atoms with E-state index in [9.17, 15) is 9.59 Å². The number of rotatable bonds is 6. The SMILES string of the molecule is CCC(C(=O)O)N(C=O)C(C)c1ccccc1. The molecule has 4 nitrogen and oxygen atoms in total. The molecule has 1 rings (SSSR count). The molecule has 4 heteroatoms. The Hall–Kier alpha value is -1.84. The second-order valence-corrected chi connectivity index (χ2v) is 3.90. The molecule has 0 saturated carbocycles. The van der Waals surface area contributed by atoms with Crippen molar-refractivity contribution in [1.82, 2.24) is 4.90 Å². The van der Waals surface area contributed by atoms with E-state index in [1.807, 2.05) is 37.3 Å². The average Bonchev–Trinajstić information content (AvgIpc) is 2.35. The van der Waals surface area contributed by atoms with E-state index >= 15 is 0 Å². The molecule has 0 fully saturated rings. The van der Waals surface area contributed by atoms with Gasteiger partial charge in [0.2, 0.25) is 6.41 Å². The molecule has 1 amide bonds. The lowest BCUT2D eigenvalue weighted by Gasteiger charge is -2.30. The Morgan fingerprint density at radius 1 is 1.41 bits per heavy atom.